The Morgan fingerprint density at radius 2 is 2.00 bits per heavy atom. The molecule has 1 aromatic heterocycles. The van der Waals surface area contributed by atoms with Crippen LogP contribution in [0.5, 0.6) is 5.75 Å². The van der Waals surface area contributed by atoms with Crippen LogP contribution in [0, 0.1) is 6.92 Å². The van der Waals surface area contributed by atoms with E-state index in [9.17, 15) is 4.79 Å². The van der Waals surface area contributed by atoms with Crippen molar-refractivity contribution in [3.8, 4) is 11.4 Å². The van der Waals surface area contributed by atoms with Crippen LogP contribution in [0.3, 0.4) is 0 Å². The Labute approximate surface area is 93.5 Å². The van der Waals surface area contributed by atoms with Gasteiger partial charge in [-0.25, -0.2) is 4.68 Å². The van der Waals surface area contributed by atoms with Gasteiger partial charge in [0, 0.05) is 11.8 Å². The standard InChI is InChI=1S/C12H14N2O2/c1-3-16-11-6-4-10(5-7-11)14-12(15)8-9(2)13-14/h4-8,13H,3H2,1-2H3. The lowest BCUT2D eigenvalue weighted by molar-refractivity contribution is 0.340. The molecule has 0 aliphatic rings. The predicted molar refractivity (Wildman–Crippen MR) is 62.3 cm³/mol. The minimum Gasteiger partial charge on any atom is -0.494 e. The van der Waals surface area contributed by atoms with Gasteiger partial charge in [-0.1, -0.05) is 0 Å². The maximum Gasteiger partial charge on any atom is 0.271 e. The number of aryl methyl sites for hydroxylation is 1. The molecule has 4 heteroatoms. The normalized spacial score (nSPS) is 10.4. The van der Waals surface area contributed by atoms with Crippen LogP contribution in [0.2, 0.25) is 0 Å². The molecule has 84 valence electrons. The molecule has 0 saturated heterocycles. The molecule has 1 N–H and O–H groups in total. The Kier molecular flexibility index (Phi) is 2.81. The second-order valence-electron chi connectivity index (χ2n) is 3.54. The van der Waals surface area contributed by atoms with Crippen molar-refractivity contribution in [3.05, 3.63) is 46.4 Å². The predicted octanol–water partition coefficient (Wildman–Crippen LogP) is 1.87. The maximum absolute atomic E-state index is 11.6. The Hall–Kier alpha value is -1.97. The molecule has 0 radical (unpaired) electrons. The number of aromatic nitrogens is 2. The SMILES string of the molecule is CCOc1ccc(-n2[nH]c(C)cc2=O)cc1. The van der Waals surface area contributed by atoms with Crippen LogP contribution in [-0.4, -0.2) is 16.4 Å². The van der Waals surface area contributed by atoms with Crippen LogP contribution in [0.1, 0.15) is 12.6 Å². The molecule has 4 nitrogen and oxygen atoms in total. The number of aromatic amines is 1. The van der Waals surface area contributed by atoms with Crippen molar-refractivity contribution in [3.63, 3.8) is 0 Å². The van der Waals surface area contributed by atoms with E-state index in [0.29, 0.717) is 6.61 Å². The third-order valence-corrected chi connectivity index (χ3v) is 2.25. The molecule has 0 atom stereocenters. The van der Waals surface area contributed by atoms with E-state index in [4.69, 9.17) is 4.74 Å². The second kappa shape index (κ2) is 4.26. The number of ether oxygens (including phenoxy) is 1. The molecule has 2 rings (SSSR count). The molecule has 0 fully saturated rings. The van der Waals surface area contributed by atoms with Gasteiger partial charge in [0.05, 0.1) is 12.3 Å². The fraction of sp³-hybridized carbons (Fsp3) is 0.250. The highest BCUT2D eigenvalue weighted by Gasteiger charge is 2.02. The van der Waals surface area contributed by atoms with Crippen LogP contribution < -0.4 is 10.3 Å². The van der Waals surface area contributed by atoms with E-state index in [-0.39, 0.29) is 5.56 Å². The molecule has 0 unspecified atom stereocenters. The molecule has 2 aromatic rings. The Morgan fingerprint density at radius 3 is 2.50 bits per heavy atom. The molecule has 16 heavy (non-hydrogen) atoms. The summed E-state index contributed by atoms with van der Waals surface area (Å²) in [7, 11) is 0. The molecule has 0 aliphatic heterocycles. The number of nitrogens with one attached hydrogen (secondary N) is 1. The maximum atomic E-state index is 11.6. The molecule has 0 bridgehead atoms. The van der Waals surface area contributed by atoms with E-state index >= 15 is 0 Å². The zero-order chi connectivity index (χ0) is 11.5. The fourth-order valence-electron chi connectivity index (χ4n) is 1.56. The van der Waals surface area contributed by atoms with Crippen molar-refractivity contribution in [1.29, 1.82) is 0 Å². The molecule has 1 aromatic carbocycles. The highest BCUT2D eigenvalue weighted by Crippen LogP contribution is 2.13. The van der Waals surface area contributed by atoms with E-state index in [1.54, 1.807) is 6.07 Å². The summed E-state index contributed by atoms with van der Waals surface area (Å²) in [5, 5.41) is 2.98. The highest BCUT2D eigenvalue weighted by atomic mass is 16.5. The van der Waals surface area contributed by atoms with Crippen LogP contribution in [0.4, 0.5) is 0 Å². The minimum absolute atomic E-state index is 0.0540. The summed E-state index contributed by atoms with van der Waals surface area (Å²) in [6.07, 6.45) is 0. The van der Waals surface area contributed by atoms with Gasteiger partial charge in [-0.15, -0.1) is 0 Å². The zero-order valence-corrected chi connectivity index (χ0v) is 9.36. The van der Waals surface area contributed by atoms with Gasteiger partial charge in [0.25, 0.3) is 5.56 Å². The molecule has 1 heterocycles. The summed E-state index contributed by atoms with van der Waals surface area (Å²) < 4.78 is 6.84. The van der Waals surface area contributed by atoms with Gasteiger partial charge < -0.3 is 4.74 Å². The van der Waals surface area contributed by atoms with Gasteiger partial charge in [0.15, 0.2) is 0 Å². The third kappa shape index (κ3) is 2.00. The van der Waals surface area contributed by atoms with Crippen LogP contribution >= 0.6 is 0 Å². The first-order chi connectivity index (χ1) is 7.70. The van der Waals surface area contributed by atoms with E-state index in [1.165, 1.54) is 4.68 Å². The summed E-state index contributed by atoms with van der Waals surface area (Å²) in [5.41, 5.74) is 1.60. The van der Waals surface area contributed by atoms with Gasteiger partial charge in [0.1, 0.15) is 5.75 Å². The lowest BCUT2D eigenvalue weighted by Gasteiger charge is -2.05. The summed E-state index contributed by atoms with van der Waals surface area (Å²) in [5.74, 6) is 0.808. The van der Waals surface area contributed by atoms with Gasteiger partial charge in [0.2, 0.25) is 0 Å². The summed E-state index contributed by atoms with van der Waals surface area (Å²) in [6, 6.07) is 8.96. The third-order valence-electron chi connectivity index (χ3n) is 2.25. The molecular formula is C12H14N2O2. The number of rotatable bonds is 3. The molecular weight excluding hydrogens is 204 g/mol. The Bertz CT molecular complexity index is 523. The molecule has 0 saturated carbocycles. The first-order valence-corrected chi connectivity index (χ1v) is 5.22. The minimum atomic E-state index is -0.0540. The summed E-state index contributed by atoms with van der Waals surface area (Å²) in [4.78, 5) is 11.6. The van der Waals surface area contributed by atoms with Gasteiger partial charge >= 0.3 is 0 Å². The smallest absolute Gasteiger partial charge is 0.271 e. The summed E-state index contributed by atoms with van der Waals surface area (Å²) in [6.45, 7) is 4.43. The number of nitrogens with zero attached hydrogens (tertiary/aromatic N) is 1. The monoisotopic (exact) mass is 218 g/mol. The van der Waals surface area contributed by atoms with Crippen molar-refractivity contribution in [2.75, 3.05) is 6.61 Å². The lowest BCUT2D eigenvalue weighted by atomic mass is 10.3. The highest BCUT2D eigenvalue weighted by molar-refractivity contribution is 5.36. The largest absolute Gasteiger partial charge is 0.494 e. The quantitative estimate of drug-likeness (QED) is 0.854. The van der Waals surface area contributed by atoms with Crippen LogP contribution in [-0.2, 0) is 0 Å². The summed E-state index contributed by atoms with van der Waals surface area (Å²) >= 11 is 0. The lowest BCUT2D eigenvalue weighted by Crippen LogP contribution is -2.13. The van der Waals surface area contributed by atoms with Crippen molar-refractivity contribution in [2.45, 2.75) is 13.8 Å². The first-order valence-electron chi connectivity index (χ1n) is 5.22. The topological polar surface area (TPSA) is 47.0 Å². The average Bonchev–Trinajstić information content (AvgIpc) is 2.59. The van der Waals surface area contributed by atoms with E-state index in [2.05, 4.69) is 5.10 Å². The second-order valence-corrected chi connectivity index (χ2v) is 3.54. The molecule has 0 spiro atoms. The van der Waals surface area contributed by atoms with E-state index < -0.39 is 0 Å². The molecule has 0 aliphatic carbocycles. The average molecular weight is 218 g/mol. The number of hydrogen-bond acceptors (Lipinski definition) is 2. The van der Waals surface area contributed by atoms with E-state index in [0.717, 1.165) is 17.1 Å². The Balaban J connectivity index is 2.34. The number of hydrogen-bond donors (Lipinski definition) is 1. The van der Waals surface area contributed by atoms with Crippen LogP contribution in [0.15, 0.2) is 35.1 Å². The van der Waals surface area contributed by atoms with Gasteiger partial charge in [-0.05, 0) is 38.1 Å². The number of benzene rings is 1. The van der Waals surface area contributed by atoms with Crippen molar-refractivity contribution >= 4 is 0 Å². The van der Waals surface area contributed by atoms with Crippen molar-refractivity contribution in [1.82, 2.24) is 9.78 Å². The van der Waals surface area contributed by atoms with Crippen molar-refractivity contribution in [2.24, 2.45) is 0 Å². The first kappa shape index (κ1) is 10.5. The van der Waals surface area contributed by atoms with Gasteiger partial charge in [-0.3, -0.25) is 9.89 Å². The zero-order valence-electron chi connectivity index (χ0n) is 9.36. The Morgan fingerprint density at radius 1 is 1.31 bits per heavy atom. The van der Waals surface area contributed by atoms with Gasteiger partial charge in [-0.2, -0.15) is 0 Å². The van der Waals surface area contributed by atoms with Crippen LogP contribution in [0.25, 0.3) is 5.69 Å². The fourth-order valence-corrected chi connectivity index (χ4v) is 1.56. The number of H-pyrrole nitrogens is 1. The van der Waals surface area contributed by atoms with E-state index in [1.807, 2.05) is 38.1 Å². The van der Waals surface area contributed by atoms with Crippen molar-refractivity contribution < 1.29 is 4.74 Å². The molecule has 0 amide bonds.